The van der Waals surface area contributed by atoms with Crippen molar-refractivity contribution in [3.05, 3.63) is 360 Å². The van der Waals surface area contributed by atoms with Gasteiger partial charge in [0, 0.05) is 6.07 Å². The summed E-state index contributed by atoms with van der Waals surface area (Å²) in [6.45, 7) is 1.79. The van der Waals surface area contributed by atoms with Gasteiger partial charge in [-0.15, -0.1) is 0 Å². The van der Waals surface area contributed by atoms with Gasteiger partial charge in [-0.05, 0) is 202 Å². The zero-order chi connectivity index (χ0) is 69.6. The number of ether oxygens (including phenoxy) is 6. The summed E-state index contributed by atoms with van der Waals surface area (Å²) in [7, 11) is 0. The molecule has 11 nitrogen and oxygen atoms in total. The second-order valence-electron chi connectivity index (χ2n) is 25.0. The van der Waals surface area contributed by atoms with Crippen LogP contribution in [0.1, 0.15) is 38.9 Å². The van der Waals surface area contributed by atoms with E-state index in [4.69, 9.17) is 28.4 Å². The molecule has 5 N–H and O–H groups in total. The van der Waals surface area contributed by atoms with Gasteiger partial charge < -0.3 is 54.0 Å². The van der Waals surface area contributed by atoms with Crippen LogP contribution in [-0.4, -0.2) is 25.5 Å². The first-order chi connectivity index (χ1) is 50.0. The van der Waals surface area contributed by atoms with Crippen LogP contribution in [-0.2, 0) is 46.2 Å². The van der Waals surface area contributed by atoms with Gasteiger partial charge in [0.05, 0.1) is 6.61 Å². The number of benzene rings is 14. The Morgan fingerprint density at radius 3 is 0.618 bits per heavy atom. The maximum Gasteiger partial charge on any atom is 0.162 e. The van der Waals surface area contributed by atoms with Crippen LogP contribution < -0.4 is 28.4 Å². The monoisotopic (exact) mass is 1340 g/mol. The van der Waals surface area contributed by atoms with E-state index >= 15 is 0 Å². The van der Waals surface area contributed by atoms with E-state index < -0.39 is 0 Å². The topological polar surface area (TPSA) is 157 Å². The van der Waals surface area contributed by atoms with Crippen molar-refractivity contribution in [1.82, 2.24) is 0 Å². The van der Waals surface area contributed by atoms with Crippen molar-refractivity contribution < 1.29 is 54.0 Å². The van der Waals surface area contributed by atoms with Crippen molar-refractivity contribution in [2.45, 2.75) is 46.2 Å². The lowest BCUT2D eigenvalue weighted by molar-refractivity contribution is 0.256. The molecule has 0 aliphatic rings. The van der Waals surface area contributed by atoms with Crippen LogP contribution in [0.5, 0.6) is 57.5 Å². The normalized spacial score (nSPS) is 11.0. The Balaban J connectivity index is 0.653. The molecule has 14 aromatic carbocycles. The van der Waals surface area contributed by atoms with Crippen molar-refractivity contribution in [2.24, 2.45) is 0 Å². The molecule has 102 heavy (non-hydrogen) atoms. The fourth-order valence-electron chi connectivity index (χ4n) is 11.9. The van der Waals surface area contributed by atoms with Gasteiger partial charge in [0.15, 0.2) is 23.0 Å². The second-order valence-corrected chi connectivity index (χ2v) is 25.0. The molecule has 0 heterocycles. The predicted octanol–water partition coefficient (Wildman–Crippen LogP) is 21.1. The highest BCUT2D eigenvalue weighted by molar-refractivity contribution is 5.72. The summed E-state index contributed by atoms with van der Waals surface area (Å²) in [5.74, 6) is 4.59. The van der Waals surface area contributed by atoms with Crippen LogP contribution in [0, 0.1) is 0 Å². The largest absolute Gasteiger partial charge is 0.508 e. The maximum atomic E-state index is 9.86. The molecule has 0 aliphatic carbocycles. The number of hydrogen-bond donors (Lipinski definition) is 5. The van der Waals surface area contributed by atoms with Crippen LogP contribution in [0.3, 0.4) is 0 Å². The SMILES string of the molecule is OCc1ccc(-c2cc(OCc3ccc(-c4ccc(OCc5ccc(-c6ccc(O)cc6)cc5)c(OCc5ccc(-c6ccc(O)cc6)cc5)c4)cc3)cc(OCc3ccc(-c4ccc(OCc5ccc(-c6ccc(O)cc6)cc5)c(OCc5ccc(-c6ccc(O)cc6)cc5)c4)cc3)c2)cc1. The van der Waals surface area contributed by atoms with Crippen molar-refractivity contribution >= 4 is 0 Å². The van der Waals surface area contributed by atoms with Gasteiger partial charge in [0.25, 0.3) is 0 Å². The fourth-order valence-corrected chi connectivity index (χ4v) is 11.9. The number of hydrogen-bond acceptors (Lipinski definition) is 11. The number of phenolic OH excluding ortho intramolecular Hbond substituents is 4. The van der Waals surface area contributed by atoms with Crippen molar-refractivity contribution in [2.75, 3.05) is 0 Å². The summed E-state index contributed by atoms with van der Waals surface area (Å²) in [6.07, 6.45) is 0. The molecular formula is C91H72O11. The van der Waals surface area contributed by atoms with E-state index in [-0.39, 0.29) is 29.6 Å². The highest BCUT2D eigenvalue weighted by Crippen LogP contribution is 2.39. The van der Waals surface area contributed by atoms with Gasteiger partial charge in [-0.25, -0.2) is 0 Å². The number of aromatic hydroxyl groups is 4. The third-order valence-corrected chi connectivity index (χ3v) is 17.8. The maximum absolute atomic E-state index is 9.86. The van der Waals surface area contributed by atoms with E-state index in [1.165, 1.54) is 0 Å². The number of rotatable bonds is 26. The standard InChI is InChI=1S/C91H72O11/c92-54-61-1-15-78(16-2-61)81-49-86(97-55-62-11-25-76(26-12-62)79-37-47-88(99-57-64-3-17-68(18-4-64)72-29-39-82(93)40-30-72)90(51-79)101-59-66-7-21-70(22-8-66)74-33-43-84(95)44-34-74)53-87(50-81)98-56-63-13-27-77(28-14-63)80-38-48-89(100-58-65-5-19-69(20-6-65)73-31-41-83(94)42-32-73)91(52-80)102-60-67-9-23-71(24-10-67)75-35-45-85(96)46-36-75/h1-53,92-96H,54-60H2. The predicted molar refractivity (Wildman–Crippen MR) is 402 cm³/mol. The summed E-state index contributed by atoms with van der Waals surface area (Å²) in [5.41, 5.74) is 20.6. The summed E-state index contributed by atoms with van der Waals surface area (Å²) < 4.78 is 39.3. The molecule has 0 aliphatic heterocycles. The van der Waals surface area contributed by atoms with E-state index in [0.29, 0.717) is 74.1 Å². The molecule has 0 saturated carbocycles. The van der Waals surface area contributed by atoms with Gasteiger partial charge in [-0.3, -0.25) is 0 Å². The molecule has 0 unspecified atom stereocenters. The average Bonchev–Trinajstić information content (AvgIpc) is 0.845. The molecule has 0 atom stereocenters. The van der Waals surface area contributed by atoms with E-state index in [1.807, 2.05) is 200 Å². The first-order valence-electron chi connectivity index (χ1n) is 33.6. The van der Waals surface area contributed by atoms with Crippen LogP contribution in [0.2, 0.25) is 0 Å². The highest BCUT2D eigenvalue weighted by Gasteiger charge is 2.16. The Morgan fingerprint density at radius 1 is 0.167 bits per heavy atom. The Hall–Kier alpha value is -13.0. The molecule has 0 spiro atoms. The average molecular weight is 1340 g/mol. The first-order valence-corrected chi connectivity index (χ1v) is 33.6. The molecule has 0 amide bonds. The second kappa shape index (κ2) is 31.3. The van der Waals surface area contributed by atoms with Crippen molar-refractivity contribution in [3.63, 3.8) is 0 Å². The minimum Gasteiger partial charge on any atom is -0.508 e. The van der Waals surface area contributed by atoms with Crippen LogP contribution >= 0.6 is 0 Å². The van der Waals surface area contributed by atoms with Gasteiger partial charge in [-0.2, -0.15) is 0 Å². The van der Waals surface area contributed by atoms with Crippen LogP contribution in [0.25, 0.3) is 77.9 Å². The molecule has 0 radical (unpaired) electrons. The summed E-state index contributed by atoms with van der Waals surface area (Å²) >= 11 is 0. The third kappa shape index (κ3) is 16.9. The summed E-state index contributed by atoms with van der Waals surface area (Å²) in [4.78, 5) is 0. The molecular weight excluding hydrogens is 1270 g/mol. The van der Waals surface area contributed by atoms with Crippen molar-refractivity contribution in [1.29, 1.82) is 0 Å². The molecule has 14 rings (SSSR count). The van der Waals surface area contributed by atoms with Gasteiger partial charge >= 0.3 is 0 Å². The minimum absolute atomic E-state index is 0.0567. The Kier molecular flexibility index (Phi) is 20.3. The Morgan fingerprint density at radius 2 is 0.363 bits per heavy atom. The number of aliphatic hydroxyl groups is 1. The first kappa shape index (κ1) is 66.3. The Bertz CT molecular complexity index is 4780. The number of aliphatic hydroxyl groups excluding tert-OH is 1. The summed E-state index contributed by atoms with van der Waals surface area (Å²) in [6, 6.07) is 104. The fraction of sp³-hybridized carbons (Fsp3) is 0.0769. The quantitative estimate of drug-likeness (QED) is 0.0352. The van der Waals surface area contributed by atoms with Gasteiger partial charge in [-0.1, -0.05) is 231 Å². The van der Waals surface area contributed by atoms with E-state index in [9.17, 15) is 25.5 Å². The number of phenols is 4. The molecule has 502 valence electrons. The van der Waals surface area contributed by atoms with Crippen LogP contribution in [0.4, 0.5) is 0 Å². The zero-order valence-corrected chi connectivity index (χ0v) is 55.7. The molecule has 11 heteroatoms. The van der Waals surface area contributed by atoms with E-state index in [1.54, 1.807) is 48.5 Å². The lowest BCUT2D eigenvalue weighted by Gasteiger charge is -2.16. The van der Waals surface area contributed by atoms with Crippen LogP contribution in [0.15, 0.2) is 322 Å². The van der Waals surface area contributed by atoms with E-state index in [2.05, 4.69) is 72.8 Å². The van der Waals surface area contributed by atoms with Crippen molar-refractivity contribution in [3.8, 4) is 135 Å². The van der Waals surface area contributed by atoms with Gasteiger partial charge in [0.1, 0.15) is 74.1 Å². The summed E-state index contributed by atoms with van der Waals surface area (Å²) in [5, 5.41) is 49.1. The Labute approximate surface area is 592 Å². The molecule has 0 saturated heterocycles. The molecule has 0 bridgehead atoms. The molecule has 0 aromatic heterocycles. The van der Waals surface area contributed by atoms with E-state index in [0.717, 1.165) is 117 Å². The van der Waals surface area contributed by atoms with Gasteiger partial charge in [0.2, 0.25) is 0 Å². The lowest BCUT2D eigenvalue weighted by atomic mass is 10.0. The zero-order valence-electron chi connectivity index (χ0n) is 55.7. The highest BCUT2D eigenvalue weighted by atomic mass is 16.5. The lowest BCUT2D eigenvalue weighted by Crippen LogP contribution is -2.01. The third-order valence-electron chi connectivity index (χ3n) is 17.8. The molecule has 0 fully saturated rings. The molecule has 14 aromatic rings. The minimum atomic E-state index is -0.0567. The smallest absolute Gasteiger partial charge is 0.162 e.